The zero-order valence-corrected chi connectivity index (χ0v) is 13.3. The Labute approximate surface area is 130 Å². The maximum Gasteiger partial charge on any atom is 0.255 e. The summed E-state index contributed by atoms with van der Waals surface area (Å²) in [6, 6.07) is 6.21. The number of nitrogens with zero attached hydrogens (tertiary/aromatic N) is 3. The topological polar surface area (TPSA) is 59.8 Å². The van der Waals surface area contributed by atoms with Crippen molar-refractivity contribution in [3.05, 3.63) is 47.5 Å². The fraction of sp³-hybridized carbons (Fsp3) is 0.471. The molecule has 2 aromatic heterocycles. The maximum atomic E-state index is 12.5. The Morgan fingerprint density at radius 1 is 1.36 bits per heavy atom. The molecule has 1 aliphatic carbocycles. The molecule has 116 valence electrons. The molecule has 1 atom stereocenters. The number of carbonyl (C=O) groups excluding carboxylic acids is 1. The van der Waals surface area contributed by atoms with Crippen molar-refractivity contribution in [1.29, 1.82) is 0 Å². The minimum Gasteiger partial charge on any atom is -0.343 e. The normalized spacial score (nSPS) is 15.8. The Morgan fingerprint density at radius 2 is 2.14 bits per heavy atom. The van der Waals surface area contributed by atoms with Gasteiger partial charge >= 0.3 is 0 Å². The predicted molar refractivity (Wildman–Crippen MR) is 84.5 cm³/mol. The van der Waals surface area contributed by atoms with Gasteiger partial charge < -0.3 is 5.32 Å². The number of carbonyl (C=O) groups is 1. The predicted octanol–water partition coefficient (Wildman–Crippen LogP) is 3.05. The number of nitrogens with one attached hydrogen (secondary N) is 1. The molecule has 1 saturated carbocycles. The summed E-state index contributed by atoms with van der Waals surface area (Å²) in [6.07, 6.45) is 5.72. The first-order chi connectivity index (χ1) is 10.5. The lowest BCUT2D eigenvalue weighted by molar-refractivity contribution is 0.0930. The summed E-state index contributed by atoms with van der Waals surface area (Å²) in [5.41, 5.74) is 2.53. The van der Waals surface area contributed by atoms with Crippen molar-refractivity contribution in [2.24, 2.45) is 5.92 Å². The quantitative estimate of drug-likeness (QED) is 0.923. The van der Waals surface area contributed by atoms with Gasteiger partial charge in [-0.05, 0) is 51.7 Å². The molecule has 0 radical (unpaired) electrons. The Bertz CT molecular complexity index is 673. The van der Waals surface area contributed by atoms with Gasteiger partial charge in [-0.25, -0.2) is 0 Å². The molecule has 5 heteroatoms. The van der Waals surface area contributed by atoms with Crippen LogP contribution in [0.1, 0.15) is 60.5 Å². The van der Waals surface area contributed by atoms with Gasteiger partial charge in [0.2, 0.25) is 0 Å². The second-order valence-electron chi connectivity index (χ2n) is 6.30. The van der Waals surface area contributed by atoms with Gasteiger partial charge in [0.1, 0.15) is 0 Å². The van der Waals surface area contributed by atoms with E-state index >= 15 is 0 Å². The average molecular weight is 298 g/mol. The number of aromatic nitrogens is 3. The van der Waals surface area contributed by atoms with E-state index in [0.29, 0.717) is 11.5 Å². The minimum atomic E-state index is -0.0768. The van der Waals surface area contributed by atoms with Crippen molar-refractivity contribution in [1.82, 2.24) is 20.1 Å². The average Bonchev–Trinajstić information content (AvgIpc) is 3.19. The van der Waals surface area contributed by atoms with Crippen LogP contribution in [0.2, 0.25) is 0 Å². The fourth-order valence-corrected chi connectivity index (χ4v) is 2.56. The standard InChI is InChI=1S/C17H22N4O/c1-11(2)21-10-14(9-18-21)17(22)20-16(13-7-8-13)15-6-4-5-12(3)19-15/h4-6,9-11,13,16H,7-8H2,1-3H3,(H,20,22). The van der Waals surface area contributed by atoms with Crippen LogP contribution in [0.5, 0.6) is 0 Å². The maximum absolute atomic E-state index is 12.5. The van der Waals surface area contributed by atoms with Gasteiger partial charge in [-0.15, -0.1) is 0 Å². The smallest absolute Gasteiger partial charge is 0.255 e. The number of hydrogen-bond donors (Lipinski definition) is 1. The van der Waals surface area contributed by atoms with E-state index in [4.69, 9.17) is 0 Å². The fourth-order valence-electron chi connectivity index (χ4n) is 2.56. The number of amides is 1. The van der Waals surface area contributed by atoms with E-state index in [-0.39, 0.29) is 18.0 Å². The zero-order valence-electron chi connectivity index (χ0n) is 13.3. The van der Waals surface area contributed by atoms with Crippen molar-refractivity contribution in [3.63, 3.8) is 0 Å². The highest BCUT2D eigenvalue weighted by Crippen LogP contribution is 2.40. The summed E-state index contributed by atoms with van der Waals surface area (Å²) in [5.74, 6) is 0.422. The van der Waals surface area contributed by atoms with Crippen LogP contribution in [0.4, 0.5) is 0 Å². The lowest BCUT2D eigenvalue weighted by atomic mass is 10.1. The van der Waals surface area contributed by atoms with Crippen molar-refractivity contribution in [2.75, 3.05) is 0 Å². The van der Waals surface area contributed by atoms with Gasteiger partial charge in [0.05, 0.1) is 23.5 Å². The number of aryl methyl sites for hydroxylation is 1. The Hall–Kier alpha value is -2.17. The van der Waals surface area contributed by atoms with Crippen molar-refractivity contribution in [3.8, 4) is 0 Å². The third kappa shape index (κ3) is 3.18. The molecule has 5 nitrogen and oxygen atoms in total. The van der Waals surface area contributed by atoms with Crippen LogP contribution in [0.15, 0.2) is 30.6 Å². The molecule has 1 fully saturated rings. The number of pyridine rings is 1. The first-order valence-electron chi connectivity index (χ1n) is 7.83. The number of rotatable bonds is 5. The van der Waals surface area contributed by atoms with Gasteiger partial charge in [-0.3, -0.25) is 14.5 Å². The third-order valence-electron chi connectivity index (χ3n) is 4.00. The van der Waals surface area contributed by atoms with Gasteiger partial charge in [0, 0.05) is 17.9 Å². The molecule has 0 bridgehead atoms. The zero-order chi connectivity index (χ0) is 15.7. The summed E-state index contributed by atoms with van der Waals surface area (Å²) in [4.78, 5) is 17.1. The van der Waals surface area contributed by atoms with E-state index in [0.717, 1.165) is 24.2 Å². The molecule has 3 rings (SSSR count). The monoisotopic (exact) mass is 298 g/mol. The minimum absolute atomic E-state index is 0.00481. The first kappa shape index (κ1) is 14.8. The third-order valence-corrected chi connectivity index (χ3v) is 4.00. The highest BCUT2D eigenvalue weighted by molar-refractivity contribution is 5.94. The summed E-state index contributed by atoms with van der Waals surface area (Å²) in [7, 11) is 0. The largest absolute Gasteiger partial charge is 0.343 e. The molecule has 1 amide bonds. The van der Waals surface area contributed by atoms with Gasteiger partial charge in [-0.1, -0.05) is 6.07 Å². The molecular formula is C17H22N4O. The van der Waals surface area contributed by atoms with E-state index in [9.17, 15) is 4.79 Å². The van der Waals surface area contributed by atoms with E-state index in [1.54, 1.807) is 17.1 Å². The Morgan fingerprint density at radius 3 is 2.73 bits per heavy atom. The molecule has 0 aliphatic heterocycles. The molecule has 1 aliphatic rings. The van der Waals surface area contributed by atoms with Gasteiger partial charge in [0.15, 0.2) is 0 Å². The van der Waals surface area contributed by atoms with Crippen molar-refractivity contribution in [2.45, 2.75) is 45.7 Å². The van der Waals surface area contributed by atoms with Crippen LogP contribution in [-0.2, 0) is 0 Å². The van der Waals surface area contributed by atoms with Gasteiger partial charge in [0.25, 0.3) is 5.91 Å². The van der Waals surface area contributed by atoms with Crippen molar-refractivity contribution >= 4 is 5.91 Å². The molecule has 2 aromatic rings. The summed E-state index contributed by atoms with van der Waals surface area (Å²) < 4.78 is 1.80. The van der Waals surface area contributed by atoms with Gasteiger partial charge in [-0.2, -0.15) is 5.10 Å². The molecule has 1 unspecified atom stereocenters. The molecule has 2 heterocycles. The van der Waals surface area contributed by atoms with Crippen LogP contribution in [-0.4, -0.2) is 20.7 Å². The highest BCUT2D eigenvalue weighted by Gasteiger charge is 2.34. The SMILES string of the molecule is Cc1cccc(C(NC(=O)c2cnn(C(C)C)c2)C2CC2)n1. The molecular weight excluding hydrogens is 276 g/mol. The molecule has 1 N–H and O–H groups in total. The van der Waals surface area contributed by atoms with E-state index in [2.05, 4.69) is 15.4 Å². The number of hydrogen-bond acceptors (Lipinski definition) is 3. The molecule has 0 spiro atoms. The van der Waals surface area contributed by atoms with Crippen LogP contribution >= 0.6 is 0 Å². The van der Waals surface area contributed by atoms with Crippen LogP contribution in [0.25, 0.3) is 0 Å². The van der Waals surface area contributed by atoms with Crippen molar-refractivity contribution < 1.29 is 4.79 Å². The summed E-state index contributed by atoms with van der Waals surface area (Å²) in [5, 5.41) is 7.37. The molecule has 22 heavy (non-hydrogen) atoms. The van der Waals surface area contributed by atoms with E-state index in [1.807, 2.05) is 39.0 Å². The van der Waals surface area contributed by atoms with E-state index < -0.39 is 0 Å². The van der Waals surface area contributed by atoms with Crippen LogP contribution in [0.3, 0.4) is 0 Å². The Balaban J connectivity index is 1.77. The highest BCUT2D eigenvalue weighted by atomic mass is 16.1. The first-order valence-corrected chi connectivity index (χ1v) is 7.83. The van der Waals surface area contributed by atoms with Crippen LogP contribution in [0, 0.1) is 12.8 Å². The summed E-state index contributed by atoms with van der Waals surface area (Å²) in [6.45, 7) is 6.05. The lowest BCUT2D eigenvalue weighted by Gasteiger charge is -2.17. The van der Waals surface area contributed by atoms with E-state index in [1.165, 1.54) is 0 Å². The Kier molecular flexibility index (Phi) is 3.96. The summed E-state index contributed by atoms with van der Waals surface area (Å²) >= 11 is 0. The molecule has 0 aromatic carbocycles. The van der Waals surface area contributed by atoms with Crippen LogP contribution < -0.4 is 5.32 Å². The second kappa shape index (κ2) is 5.91. The molecule has 0 saturated heterocycles. The second-order valence-corrected chi connectivity index (χ2v) is 6.30. The lowest BCUT2D eigenvalue weighted by Crippen LogP contribution is -2.30.